The van der Waals surface area contributed by atoms with E-state index < -0.39 is 40.4 Å². The first-order valence-corrected chi connectivity index (χ1v) is 4.58. The van der Waals surface area contributed by atoms with Gasteiger partial charge in [-0.05, 0) is 26.3 Å². The summed E-state index contributed by atoms with van der Waals surface area (Å²) in [7, 11) is 0. The van der Waals surface area contributed by atoms with Crippen LogP contribution in [0.1, 0.15) is 28.1 Å². The zero-order valence-electron chi connectivity index (χ0n) is 9.22. The SMILES string of the molecule is Cc1nc(C)c(C(F)(F)F)c(C)c1C(F)(F)F. The molecule has 0 amide bonds. The average Bonchev–Trinajstić information content (AvgIpc) is 1.94. The Hall–Kier alpha value is -1.27. The van der Waals surface area contributed by atoms with Gasteiger partial charge in [0.1, 0.15) is 0 Å². The highest BCUT2D eigenvalue weighted by atomic mass is 19.4. The third-order valence-corrected chi connectivity index (χ3v) is 2.38. The Bertz CT molecular complexity index is 405. The number of alkyl halides is 6. The highest BCUT2D eigenvalue weighted by molar-refractivity contribution is 5.42. The number of hydrogen-bond acceptors (Lipinski definition) is 1. The van der Waals surface area contributed by atoms with Gasteiger partial charge in [-0.15, -0.1) is 0 Å². The van der Waals surface area contributed by atoms with Crippen molar-refractivity contribution in [1.29, 1.82) is 0 Å². The zero-order chi connectivity index (χ0) is 13.6. The number of rotatable bonds is 0. The van der Waals surface area contributed by atoms with Crippen molar-refractivity contribution in [2.24, 2.45) is 0 Å². The van der Waals surface area contributed by atoms with E-state index in [1.165, 1.54) is 0 Å². The van der Waals surface area contributed by atoms with Crippen molar-refractivity contribution < 1.29 is 26.3 Å². The van der Waals surface area contributed by atoms with Crippen LogP contribution in [-0.2, 0) is 12.4 Å². The molecule has 1 nitrogen and oxygen atoms in total. The number of nitrogens with zero attached hydrogens (tertiary/aromatic N) is 1. The Morgan fingerprint density at radius 2 is 1.00 bits per heavy atom. The minimum atomic E-state index is -4.84. The maximum Gasteiger partial charge on any atom is 0.418 e. The molecule has 1 aromatic heterocycles. The lowest BCUT2D eigenvalue weighted by atomic mass is 9.99. The van der Waals surface area contributed by atoms with Gasteiger partial charge in [-0.25, -0.2) is 0 Å². The van der Waals surface area contributed by atoms with Gasteiger partial charge < -0.3 is 0 Å². The number of halogens is 6. The number of pyridine rings is 1. The van der Waals surface area contributed by atoms with Crippen molar-refractivity contribution in [3.8, 4) is 0 Å². The molecule has 0 aliphatic heterocycles. The van der Waals surface area contributed by atoms with Gasteiger partial charge >= 0.3 is 12.4 Å². The van der Waals surface area contributed by atoms with Crippen molar-refractivity contribution in [2.75, 3.05) is 0 Å². The van der Waals surface area contributed by atoms with E-state index in [4.69, 9.17) is 0 Å². The summed E-state index contributed by atoms with van der Waals surface area (Å²) in [4.78, 5) is 3.33. The second-order valence-corrected chi connectivity index (χ2v) is 3.65. The Kier molecular flexibility index (Phi) is 3.15. The van der Waals surface area contributed by atoms with Gasteiger partial charge in [0.2, 0.25) is 0 Å². The fourth-order valence-corrected chi connectivity index (χ4v) is 1.87. The summed E-state index contributed by atoms with van der Waals surface area (Å²) in [6.45, 7) is 2.90. The minimum Gasteiger partial charge on any atom is -0.257 e. The van der Waals surface area contributed by atoms with Crippen molar-refractivity contribution in [3.63, 3.8) is 0 Å². The van der Waals surface area contributed by atoms with Crippen LogP contribution in [0.5, 0.6) is 0 Å². The Morgan fingerprint density at radius 3 is 1.24 bits per heavy atom. The molecule has 0 aliphatic carbocycles. The maximum absolute atomic E-state index is 12.6. The van der Waals surface area contributed by atoms with Crippen LogP contribution in [0.2, 0.25) is 0 Å². The number of aryl methyl sites for hydroxylation is 2. The molecule has 0 fully saturated rings. The standard InChI is InChI=1S/C10H9F6N/c1-4-7(9(11,12)13)5(2)17-6(3)8(4)10(14,15)16/h1-3H3. The van der Waals surface area contributed by atoms with Gasteiger partial charge in [-0.3, -0.25) is 4.98 Å². The first-order chi connectivity index (χ1) is 7.46. The lowest BCUT2D eigenvalue weighted by Gasteiger charge is -2.19. The monoisotopic (exact) mass is 257 g/mol. The lowest BCUT2D eigenvalue weighted by molar-refractivity contribution is -0.145. The van der Waals surface area contributed by atoms with Gasteiger partial charge in [0.25, 0.3) is 0 Å². The second kappa shape index (κ2) is 3.89. The van der Waals surface area contributed by atoms with Crippen LogP contribution in [-0.4, -0.2) is 4.98 Å². The predicted molar refractivity (Wildman–Crippen MR) is 48.5 cm³/mol. The van der Waals surface area contributed by atoms with E-state index in [-0.39, 0.29) is 0 Å². The third kappa shape index (κ3) is 2.53. The van der Waals surface area contributed by atoms with Crippen molar-refractivity contribution in [2.45, 2.75) is 33.1 Å². The molecule has 0 N–H and O–H groups in total. The van der Waals surface area contributed by atoms with E-state index in [1.54, 1.807) is 0 Å². The molecule has 0 aromatic carbocycles. The summed E-state index contributed by atoms with van der Waals surface area (Å²) in [5.74, 6) is 0. The van der Waals surface area contributed by atoms with Crippen LogP contribution in [0, 0.1) is 20.8 Å². The summed E-state index contributed by atoms with van der Waals surface area (Å²) in [5.41, 5.74) is -4.33. The third-order valence-electron chi connectivity index (χ3n) is 2.38. The molecular weight excluding hydrogens is 248 g/mol. The number of hydrogen-bond donors (Lipinski definition) is 0. The van der Waals surface area contributed by atoms with E-state index in [9.17, 15) is 26.3 Å². The largest absolute Gasteiger partial charge is 0.418 e. The molecule has 0 radical (unpaired) electrons. The second-order valence-electron chi connectivity index (χ2n) is 3.65. The molecule has 1 heterocycles. The van der Waals surface area contributed by atoms with Crippen molar-refractivity contribution in [3.05, 3.63) is 28.1 Å². The van der Waals surface area contributed by atoms with Crippen LogP contribution in [0.4, 0.5) is 26.3 Å². The van der Waals surface area contributed by atoms with E-state index in [0.29, 0.717) is 0 Å². The van der Waals surface area contributed by atoms with Gasteiger partial charge in [0, 0.05) is 0 Å². The fourth-order valence-electron chi connectivity index (χ4n) is 1.87. The Labute approximate surface area is 93.5 Å². The van der Waals surface area contributed by atoms with Crippen LogP contribution in [0.15, 0.2) is 0 Å². The van der Waals surface area contributed by atoms with Crippen LogP contribution < -0.4 is 0 Å². The summed E-state index contributed by atoms with van der Waals surface area (Å²) in [6.07, 6.45) is -9.68. The highest BCUT2D eigenvalue weighted by Crippen LogP contribution is 2.41. The van der Waals surface area contributed by atoms with Gasteiger partial charge in [0.05, 0.1) is 22.5 Å². The molecule has 0 unspecified atom stereocenters. The summed E-state index contributed by atoms with van der Waals surface area (Å²) in [5, 5.41) is 0. The molecule has 7 heteroatoms. The normalized spacial score (nSPS) is 13.0. The predicted octanol–water partition coefficient (Wildman–Crippen LogP) is 4.04. The van der Waals surface area contributed by atoms with Crippen molar-refractivity contribution >= 4 is 0 Å². The van der Waals surface area contributed by atoms with Crippen LogP contribution in [0.25, 0.3) is 0 Å². The Balaban J connectivity index is 3.67. The van der Waals surface area contributed by atoms with Crippen molar-refractivity contribution in [1.82, 2.24) is 4.98 Å². The molecule has 17 heavy (non-hydrogen) atoms. The Morgan fingerprint density at radius 1 is 0.706 bits per heavy atom. The minimum absolute atomic E-state index is 0.444. The molecule has 0 spiro atoms. The van der Waals surface area contributed by atoms with Gasteiger partial charge in [-0.2, -0.15) is 26.3 Å². The molecule has 0 saturated heterocycles. The van der Waals surface area contributed by atoms with E-state index >= 15 is 0 Å². The average molecular weight is 257 g/mol. The summed E-state index contributed by atoms with van der Waals surface area (Å²) >= 11 is 0. The topological polar surface area (TPSA) is 12.9 Å². The van der Waals surface area contributed by atoms with Gasteiger partial charge in [-0.1, -0.05) is 0 Å². The summed E-state index contributed by atoms with van der Waals surface area (Å²) in [6, 6.07) is 0. The van der Waals surface area contributed by atoms with Gasteiger partial charge in [0.15, 0.2) is 0 Å². The molecule has 0 aliphatic rings. The molecule has 0 saturated carbocycles. The molecule has 1 rings (SSSR count). The molecule has 96 valence electrons. The first kappa shape index (κ1) is 13.8. The molecular formula is C10H9F6N. The van der Waals surface area contributed by atoms with Crippen LogP contribution in [0.3, 0.4) is 0 Å². The molecule has 1 aromatic rings. The lowest BCUT2D eigenvalue weighted by Crippen LogP contribution is -2.19. The summed E-state index contributed by atoms with van der Waals surface area (Å²) < 4.78 is 75.6. The quantitative estimate of drug-likeness (QED) is 0.639. The zero-order valence-corrected chi connectivity index (χ0v) is 9.22. The first-order valence-electron chi connectivity index (χ1n) is 4.58. The highest BCUT2D eigenvalue weighted by Gasteiger charge is 2.42. The van der Waals surface area contributed by atoms with E-state index in [0.717, 1.165) is 20.8 Å². The maximum atomic E-state index is 12.6. The molecule has 0 atom stereocenters. The number of aromatic nitrogens is 1. The molecule has 0 bridgehead atoms. The smallest absolute Gasteiger partial charge is 0.257 e. The van der Waals surface area contributed by atoms with E-state index in [1.807, 2.05) is 0 Å². The fraction of sp³-hybridized carbons (Fsp3) is 0.500. The van der Waals surface area contributed by atoms with E-state index in [2.05, 4.69) is 4.98 Å². The van der Waals surface area contributed by atoms with Crippen LogP contribution >= 0.6 is 0 Å².